The molecule has 1 aliphatic rings. The van der Waals surface area contributed by atoms with E-state index in [0.29, 0.717) is 19.0 Å². The van der Waals surface area contributed by atoms with Crippen LogP contribution in [0.1, 0.15) is 16.7 Å². The molecule has 26 heavy (non-hydrogen) atoms. The maximum atomic E-state index is 13.6. The van der Waals surface area contributed by atoms with E-state index in [-0.39, 0.29) is 12.0 Å². The summed E-state index contributed by atoms with van der Waals surface area (Å²) in [6.07, 6.45) is 2.08. The molecule has 6 heteroatoms. The lowest BCUT2D eigenvalue weighted by Gasteiger charge is -2.12. The first-order valence-corrected chi connectivity index (χ1v) is 8.79. The summed E-state index contributed by atoms with van der Waals surface area (Å²) >= 11 is 0. The van der Waals surface area contributed by atoms with Gasteiger partial charge >= 0.3 is 0 Å². The first-order chi connectivity index (χ1) is 12.7. The van der Waals surface area contributed by atoms with E-state index in [1.54, 1.807) is 7.05 Å². The molecular weight excluding hydrogens is 336 g/mol. The van der Waals surface area contributed by atoms with Crippen molar-refractivity contribution in [3.05, 3.63) is 64.7 Å². The molecule has 2 aromatic carbocycles. The summed E-state index contributed by atoms with van der Waals surface area (Å²) in [6.45, 7) is 1.87. The number of nitrogens with one attached hydrogen (secondary N) is 2. The highest BCUT2D eigenvalue weighted by Gasteiger charge is 2.12. The predicted molar refractivity (Wildman–Crippen MR) is 98.8 cm³/mol. The minimum atomic E-state index is -0.518. The van der Waals surface area contributed by atoms with Crippen molar-refractivity contribution in [1.82, 2.24) is 10.6 Å². The van der Waals surface area contributed by atoms with Gasteiger partial charge in [-0.05, 0) is 42.2 Å². The Morgan fingerprint density at radius 3 is 2.54 bits per heavy atom. The largest absolute Gasteiger partial charge is 0.493 e. The standard InChI is InChI=1S/C20H23F2N3O/c1-23-20(25-11-8-16-17(21)3-2-4-18(16)22)24-10-7-14-5-6-19-15(13-14)9-12-26-19/h2-6,13H,7-12H2,1H3,(H2,23,24,25). The molecule has 0 saturated heterocycles. The van der Waals surface area contributed by atoms with Gasteiger partial charge in [0.15, 0.2) is 5.96 Å². The molecule has 2 aromatic rings. The van der Waals surface area contributed by atoms with Crippen LogP contribution in [0, 0.1) is 11.6 Å². The van der Waals surface area contributed by atoms with Crippen molar-refractivity contribution in [2.75, 3.05) is 26.7 Å². The lowest BCUT2D eigenvalue weighted by Crippen LogP contribution is -2.39. The number of halogens is 2. The van der Waals surface area contributed by atoms with Gasteiger partial charge in [-0.2, -0.15) is 0 Å². The molecule has 0 spiro atoms. The average molecular weight is 359 g/mol. The van der Waals surface area contributed by atoms with Crippen molar-refractivity contribution in [2.45, 2.75) is 19.3 Å². The highest BCUT2D eigenvalue weighted by atomic mass is 19.1. The number of rotatable bonds is 6. The van der Waals surface area contributed by atoms with Crippen LogP contribution in [0.4, 0.5) is 8.78 Å². The summed E-state index contributed by atoms with van der Waals surface area (Å²) in [4.78, 5) is 4.14. The predicted octanol–water partition coefficient (Wildman–Crippen LogP) is 2.85. The molecule has 2 N–H and O–H groups in total. The third-order valence-electron chi connectivity index (χ3n) is 4.41. The van der Waals surface area contributed by atoms with Crippen molar-refractivity contribution >= 4 is 5.96 Å². The van der Waals surface area contributed by atoms with Gasteiger partial charge in [0.2, 0.25) is 0 Å². The van der Waals surface area contributed by atoms with E-state index in [4.69, 9.17) is 4.74 Å². The first-order valence-electron chi connectivity index (χ1n) is 8.79. The minimum absolute atomic E-state index is 0.0933. The molecule has 0 unspecified atom stereocenters. The van der Waals surface area contributed by atoms with Crippen LogP contribution in [0.5, 0.6) is 5.75 Å². The topological polar surface area (TPSA) is 45.7 Å². The fraction of sp³-hybridized carbons (Fsp3) is 0.350. The van der Waals surface area contributed by atoms with Gasteiger partial charge in [0, 0.05) is 32.1 Å². The number of guanidine groups is 1. The van der Waals surface area contributed by atoms with Crippen molar-refractivity contribution in [1.29, 1.82) is 0 Å². The van der Waals surface area contributed by atoms with Gasteiger partial charge in [0.1, 0.15) is 17.4 Å². The third kappa shape index (κ3) is 4.50. The Kier molecular flexibility index (Phi) is 6.04. The van der Waals surface area contributed by atoms with Crippen LogP contribution < -0.4 is 15.4 Å². The maximum absolute atomic E-state index is 13.6. The quantitative estimate of drug-likeness (QED) is 0.616. The zero-order chi connectivity index (χ0) is 18.4. The SMILES string of the molecule is CN=C(NCCc1ccc2c(c1)CCO2)NCCc1c(F)cccc1F. The van der Waals surface area contributed by atoms with Crippen molar-refractivity contribution in [3.63, 3.8) is 0 Å². The number of benzene rings is 2. The number of nitrogens with zero attached hydrogens (tertiary/aromatic N) is 1. The summed E-state index contributed by atoms with van der Waals surface area (Å²) in [5.41, 5.74) is 2.60. The van der Waals surface area contributed by atoms with Crippen LogP contribution in [0.15, 0.2) is 41.4 Å². The first kappa shape index (κ1) is 18.2. The van der Waals surface area contributed by atoms with Gasteiger partial charge in [-0.25, -0.2) is 8.78 Å². The number of aliphatic imine (C=N–C) groups is 1. The van der Waals surface area contributed by atoms with Gasteiger partial charge < -0.3 is 15.4 Å². The van der Waals surface area contributed by atoms with E-state index < -0.39 is 11.6 Å². The number of ether oxygens (including phenoxy) is 1. The summed E-state index contributed by atoms with van der Waals surface area (Å²) < 4.78 is 32.8. The zero-order valence-electron chi connectivity index (χ0n) is 14.8. The molecule has 138 valence electrons. The second-order valence-electron chi connectivity index (χ2n) is 6.17. The molecule has 0 aliphatic carbocycles. The Morgan fingerprint density at radius 2 is 1.81 bits per heavy atom. The van der Waals surface area contributed by atoms with Gasteiger partial charge in [0.25, 0.3) is 0 Å². The van der Waals surface area contributed by atoms with Crippen molar-refractivity contribution in [3.8, 4) is 5.75 Å². The van der Waals surface area contributed by atoms with Crippen LogP contribution in [-0.2, 0) is 19.3 Å². The molecular formula is C20H23F2N3O. The van der Waals surface area contributed by atoms with E-state index in [9.17, 15) is 8.78 Å². The minimum Gasteiger partial charge on any atom is -0.493 e. The Labute approximate surface area is 152 Å². The lowest BCUT2D eigenvalue weighted by molar-refractivity contribution is 0.357. The Balaban J connectivity index is 1.43. The summed E-state index contributed by atoms with van der Waals surface area (Å²) in [6, 6.07) is 10.2. The monoisotopic (exact) mass is 359 g/mol. The second-order valence-corrected chi connectivity index (χ2v) is 6.17. The number of hydrogen-bond acceptors (Lipinski definition) is 2. The van der Waals surface area contributed by atoms with E-state index in [0.717, 1.165) is 25.2 Å². The summed E-state index contributed by atoms with van der Waals surface area (Å²) in [5.74, 6) is 0.566. The van der Waals surface area contributed by atoms with Gasteiger partial charge in [-0.15, -0.1) is 0 Å². The maximum Gasteiger partial charge on any atom is 0.190 e. The van der Waals surface area contributed by atoms with Gasteiger partial charge in [0.05, 0.1) is 6.61 Å². The zero-order valence-corrected chi connectivity index (χ0v) is 14.8. The normalized spacial score (nSPS) is 13.3. The van der Waals surface area contributed by atoms with E-state index in [2.05, 4.69) is 27.8 Å². The molecule has 0 bridgehead atoms. The molecule has 4 nitrogen and oxygen atoms in total. The van der Waals surface area contributed by atoms with Crippen LogP contribution in [0.3, 0.4) is 0 Å². The van der Waals surface area contributed by atoms with E-state index >= 15 is 0 Å². The number of hydrogen-bond donors (Lipinski definition) is 2. The average Bonchev–Trinajstić information content (AvgIpc) is 3.10. The van der Waals surface area contributed by atoms with Crippen molar-refractivity contribution in [2.24, 2.45) is 4.99 Å². The van der Waals surface area contributed by atoms with Gasteiger partial charge in [-0.1, -0.05) is 18.2 Å². The summed E-state index contributed by atoms with van der Waals surface area (Å²) in [5, 5.41) is 6.31. The highest BCUT2D eigenvalue weighted by molar-refractivity contribution is 5.79. The molecule has 0 atom stereocenters. The fourth-order valence-electron chi connectivity index (χ4n) is 3.02. The second kappa shape index (κ2) is 8.65. The Bertz CT molecular complexity index is 772. The molecule has 3 rings (SSSR count). The Hall–Kier alpha value is -2.63. The van der Waals surface area contributed by atoms with Gasteiger partial charge in [-0.3, -0.25) is 4.99 Å². The summed E-state index contributed by atoms with van der Waals surface area (Å²) in [7, 11) is 1.67. The van der Waals surface area contributed by atoms with Crippen LogP contribution in [0.2, 0.25) is 0 Å². The smallest absolute Gasteiger partial charge is 0.190 e. The van der Waals surface area contributed by atoms with Crippen molar-refractivity contribution < 1.29 is 13.5 Å². The van der Waals surface area contributed by atoms with E-state index in [1.165, 1.54) is 29.3 Å². The fourth-order valence-corrected chi connectivity index (χ4v) is 3.02. The molecule has 0 amide bonds. The number of fused-ring (bicyclic) bond motifs is 1. The highest BCUT2D eigenvalue weighted by Crippen LogP contribution is 2.25. The van der Waals surface area contributed by atoms with Crippen LogP contribution >= 0.6 is 0 Å². The third-order valence-corrected chi connectivity index (χ3v) is 4.41. The lowest BCUT2D eigenvalue weighted by atomic mass is 10.1. The molecule has 0 saturated carbocycles. The molecule has 1 aliphatic heterocycles. The Morgan fingerprint density at radius 1 is 1.08 bits per heavy atom. The van der Waals surface area contributed by atoms with Crippen LogP contribution in [0.25, 0.3) is 0 Å². The van der Waals surface area contributed by atoms with Crippen LogP contribution in [-0.4, -0.2) is 32.7 Å². The molecule has 0 radical (unpaired) electrons. The molecule has 0 fully saturated rings. The van der Waals surface area contributed by atoms with E-state index in [1.807, 2.05) is 6.07 Å². The molecule has 1 heterocycles. The molecule has 0 aromatic heterocycles.